The van der Waals surface area contributed by atoms with Crippen molar-refractivity contribution in [3.63, 3.8) is 0 Å². The molecular weight excluding hydrogens is 383 g/mol. The van der Waals surface area contributed by atoms with Crippen LogP contribution in [0.3, 0.4) is 0 Å². The Kier molecular flexibility index (Phi) is 6.75. The predicted molar refractivity (Wildman–Crippen MR) is 116 cm³/mol. The molecule has 7 heteroatoms. The number of hydrogen-bond donors (Lipinski definition) is 2. The maximum Gasteiger partial charge on any atom is 0.229 e. The molecule has 2 N–H and O–H groups in total. The van der Waals surface area contributed by atoms with Crippen LogP contribution in [-0.4, -0.2) is 22.4 Å². The van der Waals surface area contributed by atoms with Gasteiger partial charge in [-0.25, -0.2) is 9.37 Å². The Bertz CT molecular complexity index is 1080. The Morgan fingerprint density at radius 1 is 1.10 bits per heavy atom. The lowest BCUT2D eigenvalue weighted by Crippen LogP contribution is -2.04. The van der Waals surface area contributed by atoms with Crippen LogP contribution in [0.15, 0.2) is 66.4 Å². The Hall–Kier alpha value is -3.74. The SMILES string of the molecule is CCOc1cccc(Nc2ncc(F)c(Nc3cccc(C(=O)C=C(C)C)c3)n2)c1. The average molecular weight is 406 g/mol. The number of halogens is 1. The van der Waals surface area contributed by atoms with Gasteiger partial charge in [-0.3, -0.25) is 4.79 Å². The van der Waals surface area contributed by atoms with Crippen molar-refractivity contribution >= 4 is 28.9 Å². The lowest BCUT2D eigenvalue weighted by Gasteiger charge is -2.11. The van der Waals surface area contributed by atoms with E-state index in [0.717, 1.165) is 11.8 Å². The average Bonchev–Trinajstić information content (AvgIpc) is 2.71. The number of ketones is 1. The van der Waals surface area contributed by atoms with Gasteiger partial charge in [0.15, 0.2) is 17.4 Å². The smallest absolute Gasteiger partial charge is 0.229 e. The van der Waals surface area contributed by atoms with Gasteiger partial charge >= 0.3 is 0 Å². The van der Waals surface area contributed by atoms with Gasteiger partial charge in [0.2, 0.25) is 5.95 Å². The van der Waals surface area contributed by atoms with Crippen LogP contribution >= 0.6 is 0 Å². The van der Waals surface area contributed by atoms with E-state index in [4.69, 9.17) is 4.74 Å². The first-order chi connectivity index (χ1) is 14.4. The van der Waals surface area contributed by atoms with Gasteiger partial charge in [0.05, 0.1) is 12.8 Å². The minimum atomic E-state index is -0.607. The molecule has 0 unspecified atom stereocenters. The Labute approximate surface area is 174 Å². The van der Waals surface area contributed by atoms with Gasteiger partial charge in [-0.15, -0.1) is 0 Å². The van der Waals surface area contributed by atoms with Crippen LogP contribution in [0.2, 0.25) is 0 Å². The van der Waals surface area contributed by atoms with Crippen LogP contribution in [0.25, 0.3) is 0 Å². The van der Waals surface area contributed by atoms with Gasteiger partial charge < -0.3 is 15.4 Å². The fraction of sp³-hybridized carbons (Fsp3) is 0.174. The van der Waals surface area contributed by atoms with Gasteiger partial charge in [0.25, 0.3) is 0 Å². The fourth-order valence-corrected chi connectivity index (χ4v) is 2.71. The van der Waals surface area contributed by atoms with Crippen molar-refractivity contribution in [3.8, 4) is 5.75 Å². The Morgan fingerprint density at radius 2 is 1.83 bits per heavy atom. The molecule has 1 heterocycles. The minimum absolute atomic E-state index is 0.000255. The molecule has 0 aliphatic carbocycles. The number of aromatic nitrogens is 2. The van der Waals surface area contributed by atoms with E-state index < -0.39 is 5.82 Å². The number of allylic oxidation sites excluding steroid dienone is 2. The van der Waals surface area contributed by atoms with Gasteiger partial charge in [0.1, 0.15) is 5.75 Å². The molecule has 0 atom stereocenters. The molecule has 6 nitrogen and oxygen atoms in total. The summed E-state index contributed by atoms with van der Waals surface area (Å²) < 4.78 is 19.8. The van der Waals surface area contributed by atoms with Crippen molar-refractivity contribution in [2.45, 2.75) is 20.8 Å². The summed E-state index contributed by atoms with van der Waals surface area (Å²) in [6.45, 7) is 6.17. The molecule has 0 saturated heterocycles. The predicted octanol–water partition coefficient (Wildman–Crippen LogP) is 5.65. The van der Waals surface area contributed by atoms with E-state index in [-0.39, 0.29) is 17.5 Å². The van der Waals surface area contributed by atoms with Crippen molar-refractivity contribution in [2.75, 3.05) is 17.2 Å². The van der Waals surface area contributed by atoms with E-state index in [9.17, 15) is 9.18 Å². The number of benzene rings is 2. The highest BCUT2D eigenvalue weighted by atomic mass is 19.1. The highest BCUT2D eigenvalue weighted by Crippen LogP contribution is 2.23. The normalized spacial score (nSPS) is 10.3. The van der Waals surface area contributed by atoms with Crippen LogP contribution in [-0.2, 0) is 0 Å². The molecule has 0 saturated carbocycles. The molecule has 2 aromatic carbocycles. The zero-order chi connectivity index (χ0) is 21.5. The lowest BCUT2D eigenvalue weighted by atomic mass is 10.1. The van der Waals surface area contributed by atoms with E-state index in [0.29, 0.717) is 29.3 Å². The molecule has 0 bridgehead atoms. The number of nitrogens with zero attached hydrogens (tertiary/aromatic N) is 2. The lowest BCUT2D eigenvalue weighted by molar-refractivity contribution is 0.104. The van der Waals surface area contributed by atoms with E-state index in [1.54, 1.807) is 30.3 Å². The first-order valence-electron chi connectivity index (χ1n) is 9.53. The standard InChI is InChI=1S/C23H23FN4O2/c1-4-30-19-10-6-9-18(13-19)27-23-25-14-20(24)22(28-23)26-17-8-5-7-16(12-17)21(29)11-15(2)3/h5-14H,4H2,1-3H3,(H2,25,26,27,28). The maximum absolute atomic E-state index is 14.3. The number of carbonyl (C=O) groups is 1. The first kappa shape index (κ1) is 21.0. The van der Waals surface area contributed by atoms with Gasteiger partial charge in [-0.2, -0.15) is 4.98 Å². The molecule has 0 aliphatic rings. The van der Waals surface area contributed by atoms with Crippen molar-refractivity contribution < 1.29 is 13.9 Å². The summed E-state index contributed by atoms with van der Waals surface area (Å²) in [4.78, 5) is 20.4. The number of ether oxygens (including phenoxy) is 1. The van der Waals surface area contributed by atoms with Crippen molar-refractivity contribution in [1.82, 2.24) is 9.97 Å². The molecule has 3 aromatic rings. The second-order valence-corrected chi connectivity index (χ2v) is 6.77. The summed E-state index contributed by atoms with van der Waals surface area (Å²) in [5, 5.41) is 5.95. The van der Waals surface area contributed by atoms with Crippen LogP contribution in [0.5, 0.6) is 5.75 Å². The van der Waals surface area contributed by atoms with Crippen molar-refractivity contribution in [2.24, 2.45) is 0 Å². The van der Waals surface area contributed by atoms with Gasteiger partial charge in [-0.1, -0.05) is 23.8 Å². The monoisotopic (exact) mass is 406 g/mol. The molecule has 3 rings (SSSR count). The highest BCUT2D eigenvalue weighted by Gasteiger charge is 2.10. The van der Waals surface area contributed by atoms with Crippen LogP contribution in [0.4, 0.5) is 27.5 Å². The summed E-state index contributed by atoms with van der Waals surface area (Å²) in [7, 11) is 0. The molecule has 0 spiro atoms. The summed E-state index contributed by atoms with van der Waals surface area (Å²) >= 11 is 0. The quantitative estimate of drug-likeness (QED) is 0.372. The molecular formula is C23H23FN4O2. The van der Waals surface area contributed by atoms with Crippen LogP contribution < -0.4 is 15.4 Å². The van der Waals surface area contributed by atoms with E-state index in [1.807, 2.05) is 45.0 Å². The second-order valence-electron chi connectivity index (χ2n) is 6.77. The number of nitrogens with one attached hydrogen (secondary N) is 2. The zero-order valence-corrected chi connectivity index (χ0v) is 17.1. The third kappa shape index (κ3) is 5.64. The highest BCUT2D eigenvalue weighted by molar-refractivity contribution is 6.05. The largest absolute Gasteiger partial charge is 0.494 e. The summed E-state index contributed by atoms with van der Waals surface area (Å²) in [6, 6.07) is 14.2. The molecule has 0 aliphatic heterocycles. The molecule has 30 heavy (non-hydrogen) atoms. The van der Waals surface area contributed by atoms with Crippen molar-refractivity contribution in [1.29, 1.82) is 0 Å². The van der Waals surface area contributed by atoms with Crippen LogP contribution in [0, 0.1) is 5.82 Å². The number of hydrogen-bond acceptors (Lipinski definition) is 6. The summed E-state index contributed by atoms with van der Waals surface area (Å²) in [6.07, 6.45) is 2.64. The zero-order valence-electron chi connectivity index (χ0n) is 17.1. The third-order valence-corrected chi connectivity index (χ3v) is 3.97. The Balaban J connectivity index is 1.80. The second kappa shape index (κ2) is 9.65. The fourth-order valence-electron chi connectivity index (χ4n) is 2.71. The molecule has 154 valence electrons. The summed E-state index contributed by atoms with van der Waals surface area (Å²) in [5.41, 5.74) is 2.67. The van der Waals surface area contributed by atoms with Crippen molar-refractivity contribution in [3.05, 3.63) is 77.8 Å². The number of rotatable bonds is 8. The van der Waals surface area contributed by atoms with Gasteiger partial charge in [0, 0.05) is 23.0 Å². The third-order valence-electron chi connectivity index (χ3n) is 3.97. The summed E-state index contributed by atoms with van der Waals surface area (Å²) in [5.74, 6) is 0.216. The number of carbonyl (C=O) groups excluding carboxylic acids is 1. The van der Waals surface area contributed by atoms with E-state index >= 15 is 0 Å². The molecule has 1 aromatic heterocycles. The van der Waals surface area contributed by atoms with E-state index in [1.165, 1.54) is 0 Å². The minimum Gasteiger partial charge on any atom is -0.494 e. The number of anilines is 4. The topological polar surface area (TPSA) is 76.1 Å². The molecule has 0 amide bonds. The molecule has 0 fully saturated rings. The van der Waals surface area contributed by atoms with Gasteiger partial charge in [-0.05, 0) is 51.1 Å². The van der Waals surface area contributed by atoms with Crippen LogP contribution in [0.1, 0.15) is 31.1 Å². The maximum atomic E-state index is 14.3. The first-order valence-corrected chi connectivity index (χ1v) is 9.53. The molecule has 0 radical (unpaired) electrons. The van der Waals surface area contributed by atoms with E-state index in [2.05, 4.69) is 20.6 Å². The Morgan fingerprint density at radius 3 is 2.57 bits per heavy atom.